The SMILES string of the molecule is COc1cc2nccc(Oc3ccc(NC(=O)c4cc5c(n(-c6ccccc6)c4=O)CCCC5=O)nc3)c2cc1OC.CS(=O)(=O)O. The van der Waals surface area contributed by atoms with Crippen LogP contribution in [-0.2, 0) is 16.5 Å². The topological polar surface area (TPSA) is 176 Å². The van der Waals surface area contributed by atoms with Crippen molar-refractivity contribution in [3.8, 4) is 28.7 Å². The van der Waals surface area contributed by atoms with Gasteiger partial charge in [-0.25, -0.2) is 4.98 Å². The fourth-order valence-electron chi connectivity index (χ4n) is 5.07. The molecule has 2 aromatic carbocycles. The van der Waals surface area contributed by atoms with E-state index in [0.717, 1.165) is 0 Å². The van der Waals surface area contributed by atoms with Crippen LogP contribution < -0.4 is 25.1 Å². The van der Waals surface area contributed by atoms with Gasteiger partial charge in [0.25, 0.3) is 21.6 Å². The Kier molecular flexibility index (Phi) is 9.63. The van der Waals surface area contributed by atoms with Crippen LogP contribution in [-0.4, -0.2) is 59.7 Å². The summed E-state index contributed by atoms with van der Waals surface area (Å²) in [6.07, 6.45) is 5.39. The van der Waals surface area contributed by atoms with E-state index in [-0.39, 0.29) is 17.2 Å². The molecule has 47 heavy (non-hydrogen) atoms. The molecule has 0 radical (unpaired) electrons. The van der Waals surface area contributed by atoms with E-state index in [2.05, 4.69) is 15.3 Å². The third-order valence-electron chi connectivity index (χ3n) is 7.09. The van der Waals surface area contributed by atoms with E-state index >= 15 is 0 Å². The molecule has 0 bridgehead atoms. The van der Waals surface area contributed by atoms with Crippen LogP contribution in [0.1, 0.15) is 39.3 Å². The molecule has 0 saturated heterocycles. The molecular weight excluding hydrogens is 628 g/mol. The number of fused-ring (bicyclic) bond motifs is 2. The van der Waals surface area contributed by atoms with E-state index in [1.54, 1.807) is 75.0 Å². The lowest BCUT2D eigenvalue weighted by Gasteiger charge is -2.21. The number of rotatable bonds is 7. The summed E-state index contributed by atoms with van der Waals surface area (Å²) < 4.78 is 44.2. The van der Waals surface area contributed by atoms with Crippen LogP contribution >= 0.6 is 0 Å². The molecule has 1 aliphatic carbocycles. The van der Waals surface area contributed by atoms with Crippen molar-refractivity contribution in [2.45, 2.75) is 19.3 Å². The van der Waals surface area contributed by atoms with Crippen molar-refractivity contribution in [3.63, 3.8) is 0 Å². The van der Waals surface area contributed by atoms with Gasteiger partial charge in [-0.15, -0.1) is 0 Å². The standard InChI is InChI=1S/C32H26N4O6.CH4O3S/c1-40-28-16-21-24(17-29(28)41-2)33-14-13-27(21)42-20-11-12-30(34-18-20)35-31(38)23-15-22-25(9-6-10-26(22)37)36(32(23)39)19-7-4-3-5-8-19;1-5(2,3)4/h3-5,7-8,11-18H,6,9-10H2,1-2H3,(H,34,35,38);1H3,(H,2,3,4). The molecule has 13 nitrogen and oxygen atoms in total. The summed E-state index contributed by atoms with van der Waals surface area (Å²) in [4.78, 5) is 48.3. The minimum atomic E-state index is -3.67. The van der Waals surface area contributed by atoms with Gasteiger partial charge in [-0.3, -0.25) is 28.5 Å². The first-order valence-corrected chi connectivity index (χ1v) is 16.1. The number of pyridine rings is 3. The number of amides is 1. The van der Waals surface area contributed by atoms with Crippen molar-refractivity contribution in [2.75, 3.05) is 25.8 Å². The number of carbonyl (C=O) groups excluding carboxylic acids is 2. The number of hydrogen-bond acceptors (Lipinski definition) is 10. The molecule has 5 aromatic rings. The third-order valence-corrected chi connectivity index (χ3v) is 7.09. The predicted molar refractivity (Wildman–Crippen MR) is 174 cm³/mol. The Morgan fingerprint density at radius 1 is 0.915 bits per heavy atom. The number of anilines is 1. The van der Waals surface area contributed by atoms with Crippen LogP contribution in [0.4, 0.5) is 5.82 Å². The number of ether oxygens (including phenoxy) is 3. The molecule has 0 aliphatic heterocycles. The Hall–Kier alpha value is -5.60. The molecular formula is C33H30N4O9S. The molecule has 0 fully saturated rings. The fourth-order valence-corrected chi connectivity index (χ4v) is 5.07. The quantitative estimate of drug-likeness (QED) is 0.228. The summed E-state index contributed by atoms with van der Waals surface area (Å²) in [6.45, 7) is 0. The Morgan fingerprint density at radius 2 is 1.62 bits per heavy atom. The zero-order chi connectivity index (χ0) is 33.7. The monoisotopic (exact) mass is 658 g/mol. The molecule has 6 rings (SSSR count). The molecule has 2 N–H and O–H groups in total. The second kappa shape index (κ2) is 13.8. The van der Waals surface area contributed by atoms with Gasteiger partial charge in [0.15, 0.2) is 17.3 Å². The van der Waals surface area contributed by atoms with Crippen molar-refractivity contribution < 1.29 is 36.8 Å². The number of aromatic nitrogens is 3. The minimum Gasteiger partial charge on any atom is -0.493 e. The predicted octanol–water partition coefficient (Wildman–Crippen LogP) is 4.87. The first kappa shape index (κ1) is 32.8. The number of para-hydroxylation sites is 1. The molecule has 0 atom stereocenters. The molecule has 14 heteroatoms. The van der Waals surface area contributed by atoms with Crippen LogP contribution in [0.15, 0.2) is 83.9 Å². The van der Waals surface area contributed by atoms with Gasteiger partial charge < -0.3 is 19.5 Å². The zero-order valence-electron chi connectivity index (χ0n) is 25.6. The maximum absolute atomic E-state index is 13.6. The first-order chi connectivity index (χ1) is 22.5. The number of nitrogens with zero attached hydrogens (tertiary/aromatic N) is 3. The lowest BCUT2D eigenvalue weighted by Crippen LogP contribution is -2.33. The van der Waals surface area contributed by atoms with Crippen molar-refractivity contribution in [1.29, 1.82) is 0 Å². The summed E-state index contributed by atoms with van der Waals surface area (Å²) in [7, 11) is -0.559. The molecule has 0 unspecified atom stereocenters. The zero-order valence-corrected chi connectivity index (χ0v) is 26.4. The normalized spacial score (nSPS) is 12.4. The van der Waals surface area contributed by atoms with Gasteiger partial charge in [-0.1, -0.05) is 18.2 Å². The Morgan fingerprint density at radius 3 is 2.28 bits per heavy atom. The third kappa shape index (κ3) is 7.62. The second-order valence-corrected chi connectivity index (χ2v) is 11.8. The highest BCUT2D eigenvalue weighted by atomic mass is 32.2. The van der Waals surface area contributed by atoms with Crippen LogP contribution in [0.5, 0.6) is 23.0 Å². The maximum Gasteiger partial charge on any atom is 0.268 e. The van der Waals surface area contributed by atoms with Gasteiger partial charge in [-0.05, 0) is 55.3 Å². The number of Topliss-reactive ketones (excluding diaryl/α,β-unsaturated/α-hetero) is 1. The Bertz CT molecular complexity index is 2120. The molecule has 242 valence electrons. The second-order valence-electron chi connectivity index (χ2n) is 10.4. The lowest BCUT2D eigenvalue weighted by atomic mass is 9.92. The van der Waals surface area contributed by atoms with E-state index in [4.69, 9.17) is 18.8 Å². The number of nitrogens with one attached hydrogen (secondary N) is 1. The highest BCUT2D eigenvalue weighted by molar-refractivity contribution is 7.85. The lowest BCUT2D eigenvalue weighted by molar-refractivity contribution is 0.0971. The van der Waals surface area contributed by atoms with E-state index in [1.807, 2.05) is 6.07 Å². The number of methoxy groups -OCH3 is 2. The number of carbonyl (C=O) groups is 2. The molecule has 1 amide bonds. The van der Waals surface area contributed by atoms with Gasteiger partial charge in [0.2, 0.25) is 0 Å². The minimum absolute atomic E-state index is 0.0886. The number of ketones is 1. The van der Waals surface area contributed by atoms with E-state index in [9.17, 15) is 22.8 Å². The average molecular weight is 659 g/mol. The largest absolute Gasteiger partial charge is 0.493 e. The highest BCUT2D eigenvalue weighted by Crippen LogP contribution is 2.37. The molecule has 1 aliphatic rings. The highest BCUT2D eigenvalue weighted by Gasteiger charge is 2.26. The van der Waals surface area contributed by atoms with Gasteiger partial charge in [-0.2, -0.15) is 8.42 Å². The maximum atomic E-state index is 13.6. The summed E-state index contributed by atoms with van der Waals surface area (Å²) >= 11 is 0. The Balaban J connectivity index is 0.000000807. The van der Waals surface area contributed by atoms with Gasteiger partial charge in [0.1, 0.15) is 22.9 Å². The molecule has 0 saturated carbocycles. The van der Waals surface area contributed by atoms with Crippen LogP contribution in [0.3, 0.4) is 0 Å². The number of benzene rings is 2. The van der Waals surface area contributed by atoms with E-state index in [0.29, 0.717) is 76.4 Å². The van der Waals surface area contributed by atoms with Crippen molar-refractivity contribution in [2.24, 2.45) is 0 Å². The molecule has 3 heterocycles. The van der Waals surface area contributed by atoms with Crippen molar-refractivity contribution in [3.05, 3.63) is 106 Å². The van der Waals surface area contributed by atoms with Crippen molar-refractivity contribution in [1.82, 2.24) is 14.5 Å². The molecule has 3 aromatic heterocycles. The summed E-state index contributed by atoms with van der Waals surface area (Å²) in [6, 6.07) is 18.9. The van der Waals surface area contributed by atoms with Gasteiger partial charge >= 0.3 is 0 Å². The summed E-state index contributed by atoms with van der Waals surface area (Å²) in [5.41, 5.74) is 1.64. The molecule has 0 spiro atoms. The van der Waals surface area contributed by atoms with Gasteiger partial charge in [0, 0.05) is 41.0 Å². The van der Waals surface area contributed by atoms with E-state index in [1.165, 1.54) is 16.8 Å². The number of hydrogen-bond donors (Lipinski definition) is 2. The van der Waals surface area contributed by atoms with Crippen LogP contribution in [0.2, 0.25) is 0 Å². The smallest absolute Gasteiger partial charge is 0.268 e. The van der Waals surface area contributed by atoms with Gasteiger partial charge in [0.05, 0.1) is 32.2 Å². The fraction of sp³-hybridized carbons (Fsp3) is 0.182. The van der Waals surface area contributed by atoms with Crippen LogP contribution in [0, 0.1) is 0 Å². The summed E-state index contributed by atoms with van der Waals surface area (Å²) in [5.74, 6) is 1.50. The Labute approximate surface area is 269 Å². The van der Waals surface area contributed by atoms with Crippen molar-refractivity contribution >= 4 is 38.5 Å². The van der Waals surface area contributed by atoms with E-state index < -0.39 is 21.6 Å². The average Bonchev–Trinajstić information content (AvgIpc) is 3.04. The summed E-state index contributed by atoms with van der Waals surface area (Å²) in [5, 5.41) is 3.39. The van der Waals surface area contributed by atoms with Crippen LogP contribution in [0.25, 0.3) is 16.6 Å². The first-order valence-electron chi connectivity index (χ1n) is 14.2.